The Labute approximate surface area is 121 Å². The third-order valence-electron chi connectivity index (χ3n) is 2.94. The van der Waals surface area contributed by atoms with Crippen molar-refractivity contribution in [3.8, 4) is 11.8 Å². The molecule has 2 nitrogen and oxygen atoms in total. The summed E-state index contributed by atoms with van der Waals surface area (Å²) in [5, 5.41) is 8.59. The Morgan fingerprint density at radius 2 is 1.80 bits per heavy atom. The monoisotopic (exact) mass is 276 g/mol. The highest BCUT2D eigenvalue weighted by Crippen LogP contribution is 2.27. The van der Waals surface area contributed by atoms with Crippen molar-refractivity contribution >= 4 is 27.3 Å². The molecule has 96 valence electrons. The van der Waals surface area contributed by atoms with Crippen LogP contribution in [0, 0.1) is 17.3 Å². The molecule has 1 heterocycles. The van der Waals surface area contributed by atoms with Gasteiger partial charge in [0.2, 0.25) is 0 Å². The molecule has 0 saturated heterocycles. The number of fused-ring (bicyclic) bond motifs is 1. The maximum atomic E-state index is 7.53. The summed E-state index contributed by atoms with van der Waals surface area (Å²) in [6.45, 7) is 0. The van der Waals surface area contributed by atoms with Crippen LogP contribution in [0.1, 0.15) is 16.0 Å². The standard InChI is InChI=1S/C17H12N2S/c18-17(19)16-11-14-13(7-4-8-15(14)20-16)10-9-12-5-2-1-3-6-12/h1-8,11H,(H3,18,19). The van der Waals surface area contributed by atoms with Crippen LogP contribution in [0.25, 0.3) is 10.1 Å². The van der Waals surface area contributed by atoms with Gasteiger partial charge in [-0.25, -0.2) is 0 Å². The SMILES string of the molecule is N=C(N)c1cc2c(C#Cc3ccccc3)cccc2s1. The van der Waals surface area contributed by atoms with E-state index in [0.717, 1.165) is 26.1 Å². The number of hydrogen-bond donors (Lipinski definition) is 2. The number of nitrogen functional groups attached to an aromatic ring is 1. The van der Waals surface area contributed by atoms with Crippen molar-refractivity contribution in [3.63, 3.8) is 0 Å². The Bertz CT molecular complexity index is 836. The molecule has 0 aliphatic carbocycles. The number of nitrogens with two attached hydrogens (primary N) is 1. The Morgan fingerprint density at radius 3 is 2.55 bits per heavy atom. The third kappa shape index (κ3) is 2.42. The summed E-state index contributed by atoms with van der Waals surface area (Å²) >= 11 is 1.52. The summed E-state index contributed by atoms with van der Waals surface area (Å²) < 4.78 is 1.11. The molecule has 3 aromatic rings. The van der Waals surface area contributed by atoms with E-state index < -0.39 is 0 Å². The van der Waals surface area contributed by atoms with Crippen LogP contribution in [-0.2, 0) is 0 Å². The van der Waals surface area contributed by atoms with Crippen LogP contribution < -0.4 is 5.73 Å². The van der Waals surface area contributed by atoms with Gasteiger partial charge in [0.15, 0.2) is 0 Å². The van der Waals surface area contributed by atoms with Gasteiger partial charge in [-0.3, -0.25) is 5.41 Å². The van der Waals surface area contributed by atoms with E-state index >= 15 is 0 Å². The fraction of sp³-hybridized carbons (Fsp3) is 0. The Morgan fingerprint density at radius 1 is 1.00 bits per heavy atom. The first-order chi connectivity index (χ1) is 9.74. The number of benzene rings is 2. The number of nitrogens with one attached hydrogen (secondary N) is 1. The van der Waals surface area contributed by atoms with Crippen molar-refractivity contribution in [2.75, 3.05) is 0 Å². The minimum atomic E-state index is 0.105. The molecule has 20 heavy (non-hydrogen) atoms. The summed E-state index contributed by atoms with van der Waals surface area (Å²) in [7, 11) is 0. The largest absolute Gasteiger partial charge is 0.383 e. The normalized spacial score (nSPS) is 10.0. The van der Waals surface area contributed by atoms with Gasteiger partial charge < -0.3 is 5.73 Å². The Balaban J connectivity index is 2.08. The lowest BCUT2D eigenvalue weighted by Crippen LogP contribution is -2.08. The molecule has 0 bridgehead atoms. The van der Waals surface area contributed by atoms with Crippen LogP contribution in [0.4, 0.5) is 0 Å². The topological polar surface area (TPSA) is 49.9 Å². The van der Waals surface area contributed by atoms with Gasteiger partial charge in [0.1, 0.15) is 5.84 Å². The summed E-state index contributed by atoms with van der Waals surface area (Å²) in [5.74, 6) is 6.47. The average molecular weight is 276 g/mol. The molecule has 0 spiro atoms. The van der Waals surface area contributed by atoms with Crippen LogP contribution >= 0.6 is 11.3 Å². The molecular weight excluding hydrogens is 264 g/mol. The molecule has 0 fully saturated rings. The van der Waals surface area contributed by atoms with E-state index in [4.69, 9.17) is 11.1 Å². The highest BCUT2D eigenvalue weighted by atomic mass is 32.1. The second kappa shape index (κ2) is 5.20. The van der Waals surface area contributed by atoms with E-state index in [9.17, 15) is 0 Å². The van der Waals surface area contributed by atoms with E-state index in [2.05, 4.69) is 11.8 Å². The first-order valence-corrected chi connectivity index (χ1v) is 7.00. The Kier molecular flexibility index (Phi) is 3.24. The Hall–Kier alpha value is -2.57. The van der Waals surface area contributed by atoms with E-state index in [1.54, 1.807) is 0 Å². The van der Waals surface area contributed by atoms with Gasteiger partial charge in [-0.2, -0.15) is 0 Å². The smallest absolute Gasteiger partial charge is 0.133 e. The molecule has 3 rings (SSSR count). The molecule has 0 atom stereocenters. The molecule has 0 radical (unpaired) electrons. The molecule has 3 N–H and O–H groups in total. The van der Waals surface area contributed by atoms with Gasteiger partial charge in [0, 0.05) is 21.2 Å². The van der Waals surface area contributed by atoms with Crippen LogP contribution in [-0.4, -0.2) is 5.84 Å². The summed E-state index contributed by atoms with van der Waals surface area (Å²) in [4.78, 5) is 0.786. The molecule has 0 aliphatic rings. The zero-order valence-corrected chi connectivity index (χ0v) is 11.5. The predicted octanol–water partition coefficient (Wildman–Crippen LogP) is 3.59. The summed E-state index contributed by atoms with van der Waals surface area (Å²) in [6.07, 6.45) is 0. The highest BCUT2D eigenvalue weighted by molar-refractivity contribution is 7.20. The molecule has 1 aromatic heterocycles. The quantitative estimate of drug-likeness (QED) is 0.398. The maximum Gasteiger partial charge on any atom is 0.133 e. The van der Waals surface area contributed by atoms with Gasteiger partial charge >= 0.3 is 0 Å². The lowest BCUT2D eigenvalue weighted by molar-refractivity contribution is 1.46. The van der Waals surface area contributed by atoms with Gasteiger partial charge in [-0.05, 0) is 30.3 Å². The molecule has 0 unspecified atom stereocenters. The van der Waals surface area contributed by atoms with Crippen LogP contribution in [0.15, 0.2) is 54.6 Å². The number of rotatable bonds is 1. The van der Waals surface area contributed by atoms with E-state index in [-0.39, 0.29) is 5.84 Å². The average Bonchev–Trinajstić information content (AvgIpc) is 2.91. The van der Waals surface area contributed by atoms with Crippen molar-refractivity contribution in [2.24, 2.45) is 5.73 Å². The van der Waals surface area contributed by atoms with Gasteiger partial charge in [0.25, 0.3) is 0 Å². The fourth-order valence-electron chi connectivity index (χ4n) is 1.96. The predicted molar refractivity (Wildman–Crippen MR) is 85.3 cm³/mol. The van der Waals surface area contributed by atoms with Crippen LogP contribution in [0.3, 0.4) is 0 Å². The van der Waals surface area contributed by atoms with Crippen molar-refractivity contribution < 1.29 is 0 Å². The first-order valence-electron chi connectivity index (χ1n) is 6.18. The second-order valence-electron chi connectivity index (χ2n) is 4.36. The van der Waals surface area contributed by atoms with Gasteiger partial charge in [-0.15, -0.1) is 11.3 Å². The van der Waals surface area contributed by atoms with E-state index in [0.29, 0.717) is 0 Å². The second-order valence-corrected chi connectivity index (χ2v) is 5.44. The minimum Gasteiger partial charge on any atom is -0.383 e. The van der Waals surface area contributed by atoms with E-state index in [1.165, 1.54) is 11.3 Å². The molecule has 3 heteroatoms. The van der Waals surface area contributed by atoms with Crippen molar-refractivity contribution in [2.45, 2.75) is 0 Å². The maximum absolute atomic E-state index is 7.53. The van der Waals surface area contributed by atoms with Crippen molar-refractivity contribution in [3.05, 3.63) is 70.6 Å². The van der Waals surface area contributed by atoms with Crippen molar-refractivity contribution in [1.29, 1.82) is 5.41 Å². The van der Waals surface area contributed by atoms with E-state index in [1.807, 2.05) is 54.6 Å². The minimum absolute atomic E-state index is 0.105. The zero-order chi connectivity index (χ0) is 13.9. The van der Waals surface area contributed by atoms with Crippen LogP contribution in [0.5, 0.6) is 0 Å². The molecule has 0 amide bonds. The number of amidine groups is 1. The lowest BCUT2D eigenvalue weighted by Gasteiger charge is -1.93. The highest BCUT2D eigenvalue weighted by Gasteiger charge is 2.06. The number of hydrogen-bond acceptors (Lipinski definition) is 2. The third-order valence-corrected chi connectivity index (χ3v) is 4.08. The van der Waals surface area contributed by atoms with Crippen LogP contribution in [0.2, 0.25) is 0 Å². The zero-order valence-electron chi connectivity index (χ0n) is 10.7. The fourth-order valence-corrected chi connectivity index (χ4v) is 2.91. The summed E-state index contributed by atoms with van der Waals surface area (Å²) in [5.41, 5.74) is 7.51. The number of thiophene rings is 1. The van der Waals surface area contributed by atoms with Crippen molar-refractivity contribution in [1.82, 2.24) is 0 Å². The molecule has 0 aliphatic heterocycles. The van der Waals surface area contributed by atoms with Gasteiger partial charge in [0.05, 0.1) is 4.88 Å². The lowest BCUT2D eigenvalue weighted by atomic mass is 10.1. The summed E-state index contributed by atoms with van der Waals surface area (Å²) in [6, 6.07) is 17.9. The molecular formula is C17H12N2S. The molecule has 2 aromatic carbocycles. The first kappa shape index (κ1) is 12.5. The van der Waals surface area contributed by atoms with Gasteiger partial charge in [-0.1, -0.05) is 36.1 Å². The molecule has 0 saturated carbocycles.